The summed E-state index contributed by atoms with van der Waals surface area (Å²) in [6.45, 7) is 0. The molecule has 15 heavy (non-hydrogen) atoms. The number of aromatic amines is 1. The number of phenolic OH excluding ortho intramolecular Hbond substituents is 1. The summed E-state index contributed by atoms with van der Waals surface area (Å²) in [5.41, 5.74) is 0.0786. The number of nitrogens with one attached hydrogen (secondary N) is 1. The SMILES string of the molecule is O=c1[nH]cc(O)n1-c1ccc(O)c(I)c1. The first-order chi connectivity index (χ1) is 7.09. The van der Waals surface area contributed by atoms with Gasteiger partial charge in [-0.2, -0.15) is 0 Å². The second-order valence-electron chi connectivity index (χ2n) is 2.92. The summed E-state index contributed by atoms with van der Waals surface area (Å²) in [6.07, 6.45) is 1.21. The van der Waals surface area contributed by atoms with E-state index in [-0.39, 0.29) is 11.6 Å². The Kier molecular flexibility index (Phi) is 2.43. The molecule has 0 unspecified atom stereocenters. The molecule has 0 aliphatic carbocycles. The Hall–Kier alpha value is -1.44. The van der Waals surface area contributed by atoms with Gasteiger partial charge in [0.2, 0.25) is 5.88 Å². The van der Waals surface area contributed by atoms with Crippen molar-refractivity contribution in [2.24, 2.45) is 0 Å². The normalized spacial score (nSPS) is 10.5. The maximum absolute atomic E-state index is 11.3. The van der Waals surface area contributed by atoms with E-state index in [0.29, 0.717) is 9.26 Å². The zero-order valence-electron chi connectivity index (χ0n) is 7.44. The highest BCUT2D eigenvalue weighted by Crippen LogP contribution is 2.23. The van der Waals surface area contributed by atoms with Crippen LogP contribution in [0.2, 0.25) is 0 Å². The molecule has 2 rings (SSSR count). The van der Waals surface area contributed by atoms with Gasteiger partial charge in [0.15, 0.2) is 0 Å². The number of imidazole rings is 1. The van der Waals surface area contributed by atoms with E-state index in [1.807, 2.05) is 22.6 Å². The molecule has 0 aliphatic heterocycles. The summed E-state index contributed by atoms with van der Waals surface area (Å²) < 4.78 is 1.72. The van der Waals surface area contributed by atoms with Gasteiger partial charge in [-0.3, -0.25) is 0 Å². The van der Waals surface area contributed by atoms with Crippen LogP contribution in [-0.4, -0.2) is 19.8 Å². The van der Waals surface area contributed by atoms with E-state index in [4.69, 9.17) is 0 Å². The molecular formula is C9H7IN2O3. The summed E-state index contributed by atoms with van der Waals surface area (Å²) in [7, 11) is 0. The minimum absolute atomic E-state index is 0.141. The Balaban J connectivity index is 2.65. The molecule has 0 spiro atoms. The second kappa shape index (κ2) is 3.61. The summed E-state index contributed by atoms with van der Waals surface area (Å²) in [4.78, 5) is 13.7. The Bertz CT molecular complexity index is 559. The Morgan fingerprint density at radius 3 is 2.60 bits per heavy atom. The molecule has 78 valence electrons. The number of aromatic hydroxyl groups is 2. The van der Waals surface area contributed by atoms with E-state index < -0.39 is 5.69 Å². The van der Waals surface area contributed by atoms with Crippen molar-refractivity contribution in [3.8, 4) is 17.3 Å². The highest BCUT2D eigenvalue weighted by Gasteiger charge is 2.08. The van der Waals surface area contributed by atoms with E-state index in [2.05, 4.69) is 4.98 Å². The van der Waals surface area contributed by atoms with Crippen LogP contribution in [0.15, 0.2) is 29.2 Å². The van der Waals surface area contributed by atoms with Crippen molar-refractivity contribution in [1.29, 1.82) is 0 Å². The smallest absolute Gasteiger partial charge is 0.333 e. The van der Waals surface area contributed by atoms with Crippen molar-refractivity contribution in [1.82, 2.24) is 9.55 Å². The molecule has 0 saturated carbocycles. The number of nitrogens with zero attached hydrogens (tertiary/aromatic N) is 1. The van der Waals surface area contributed by atoms with E-state index in [1.54, 1.807) is 12.1 Å². The largest absolute Gasteiger partial charge is 0.507 e. The third kappa shape index (κ3) is 1.72. The van der Waals surface area contributed by atoms with Crippen molar-refractivity contribution in [2.45, 2.75) is 0 Å². The predicted molar refractivity (Wildman–Crippen MR) is 62.4 cm³/mol. The molecular weight excluding hydrogens is 311 g/mol. The van der Waals surface area contributed by atoms with Crippen LogP contribution in [0, 0.1) is 3.57 Å². The average Bonchev–Trinajstić information content (AvgIpc) is 2.52. The number of halogens is 1. The highest BCUT2D eigenvalue weighted by molar-refractivity contribution is 14.1. The number of aromatic nitrogens is 2. The fourth-order valence-electron chi connectivity index (χ4n) is 1.24. The van der Waals surface area contributed by atoms with Gasteiger partial charge in [0.1, 0.15) is 5.75 Å². The van der Waals surface area contributed by atoms with Crippen LogP contribution in [0.1, 0.15) is 0 Å². The van der Waals surface area contributed by atoms with Gasteiger partial charge in [0.25, 0.3) is 0 Å². The summed E-state index contributed by atoms with van der Waals surface area (Å²) in [5, 5.41) is 18.7. The third-order valence-corrected chi connectivity index (χ3v) is 2.81. The van der Waals surface area contributed by atoms with Gasteiger partial charge >= 0.3 is 5.69 Å². The van der Waals surface area contributed by atoms with Crippen molar-refractivity contribution in [3.05, 3.63) is 38.5 Å². The lowest BCUT2D eigenvalue weighted by Crippen LogP contribution is -2.14. The molecule has 0 amide bonds. The van der Waals surface area contributed by atoms with Crippen LogP contribution in [0.3, 0.4) is 0 Å². The first-order valence-electron chi connectivity index (χ1n) is 4.08. The van der Waals surface area contributed by atoms with Crippen molar-refractivity contribution in [3.63, 3.8) is 0 Å². The van der Waals surface area contributed by atoms with E-state index in [9.17, 15) is 15.0 Å². The molecule has 0 atom stereocenters. The van der Waals surface area contributed by atoms with Gasteiger partial charge in [-0.05, 0) is 40.8 Å². The minimum atomic E-state index is -0.422. The molecule has 6 heteroatoms. The van der Waals surface area contributed by atoms with Gasteiger partial charge < -0.3 is 15.2 Å². The minimum Gasteiger partial charge on any atom is -0.507 e. The number of H-pyrrole nitrogens is 1. The molecule has 0 bridgehead atoms. The molecule has 0 aliphatic rings. The summed E-state index contributed by atoms with van der Waals surface area (Å²) in [6, 6.07) is 4.62. The van der Waals surface area contributed by atoms with Crippen LogP contribution in [0.25, 0.3) is 5.69 Å². The monoisotopic (exact) mass is 318 g/mol. The first kappa shape index (κ1) is 10.1. The van der Waals surface area contributed by atoms with Crippen LogP contribution < -0.4 is 5.69 Å². The number of hydrogen-bond acceptors (Lipinski definition) is 3. The number of benzene rings is 1. The van der Waals surface area contributed by atoms with Crippen molar-refractivity contribution >= 4 is 22.6 Å². The number of phenols is 1. The van der Waals surface area contributed by atoms with Crippen LogP contribution in [0.4, 0.5) is 0 Å². The van der Waals surface area contributed by atoms with Crippen molar-refractivity contribution < 1.29 is 10.2 Å². The molecule has 1 aromatic carbocycles. The van der Waals surface area contributed by atoms with Gasteiger partial charge in [-0.25, -0.2) is 9.36 Å². The zero-order valence-corrected chi connectivity index (χ0v) is 9.59. The van der Waals surface area contributed by atoms with E-state index in [0.717, 1.165) is 4.57 Å². The van der Waals surface area contributed by atoms with Gasteiger partial charge in [0, 0.05) is 0 Å². The topological polar surface area (TPSA) is 78.2 Å². The number of rotatable bonds is 1. The van der Waals surface area contributed by atoms with E-state index >= 15 is 0 Å². The van der Waals surface area contributed by atoms with Gasteiger partial charge in [0.05, 0.1) is 15.5 Å². The standard InChI is InChI=1S/C9H7IN2O3/c10-6-3-5(1-2-7(6)13)12-8(14)4-11-9(12)15/h1-4,13-14H,(H,11,15). The lowest BCUT2D eigenvalue weighted by atomic mass is 10.3. The maximum Gasteiger partial charge on any atom is 0.333 e. The molecule has 3 N–H and O–H groups in total. The Morgan fingerprint density at radius 2 is 2.07 bits per heavy atom. The molecule has 0 radical (unpaired) electrons. The lowest BCUT2D eigenvalue weighted by molar-refractivity contribution is 0.440. The summed E-state index contributed by atoms with van der Waals surface area (Å²) in [5.74, 6) is -0.0242. The van der Waals surface area contributed by atoms with Crippen LogP contribution in [0.5, 0.6) is 11.6 Å². The van der Waals surface area contributed by atoms with Crippen LogP contribution in [-0.2, 0) is 0 Å². The molecule has 5 nitrogen and oxygen atoms in total. The quantitative estimate of drug-likeness (QED) is 0.691. The van der Waals surface area contributed by atoms with Crippen LogP contribution >= 0.6 is 22.6 Å². The van der Waals surface area contributed by atoms with Gasteiger partial charge in [-0.15, -0.1) is 0 Å². The second-order valence-corrected chi connectivity index (χ2v) is 4.09. The first-order valence-corrected chi connectivity index (χ1v) is 5.16. The molecule has 1 aromatic heterocycles. The molecule has 0 saturated heterocycles. The Morgan fingerprint density at radius 1 is 1.33 bits per heavy atom. The molecule has 1 heterocycles. The zero-order chi connectivity index (χ0) is 11.0. The average molecular weight is 318 g/mol. The fraction of sp³-hybridized carbons (Fsp3) is 0. The Labute approximate surface area is 98.1 Å². The molecule has 0 fully saturated rings. The lowest BCUT2D eigenvalue weighted by Gasteiger charge is -2.04. The predicted octanol–water partition coefficient (Wildman–Crippen LogP) is 1.18. The van der Waals surface area contributed by atoms with E-state index in [1.165, 1.54) is 12.3 Å². The highest BCUT2D eigenvalue weighted by atomic mass is 127. The fourth-order valence-corrected chi connectivity index (χ4v) is 1.74. The van der Waals surface area contributed by atoms with Crippen molar-refractivity contribution in [2.75, 3.05) is 0 Å². The molecule has 2 aromatic rings. The third-order valence-electron chi connectivity index (χ3n) is 1.95. The van der Waals surface area contributed by atoms with Gasteiger partial charge in [-0.1, -0.05) is 0 Å². The maximum atomic E-state index is 11.3. The number of hydrogen-bond donors (Lipinski definition) is 3. The summed E-state index contributed by atoms with van der Waals surface area (Å²) >= 11 is 1.94.